The molecule has 1 aliphatic heterocycles. The molecule has 2 heteroatoms. The summed E-state index contributed by atoms with van der Waals surface area (Å²) in [5.41, 5.74) is 1.06. The molecule has 2 fully saturated rings. The van der Waals surface area contributed by atoms with E-state index in [0.717, 1.165) is 6.54 Å². The molecule has 0 spiro atoms. The maximum atomic E-state index is 3.72. The topological polar surface area (TPSA) is 24.1 Å². The monoisotopic (exact) mass is 224 g/mol. The lowest BCUT2D eigenvalue weighted by Crippen LogP contribution is -2.53. The maximum absolute atomic E-state index is 3.72. The van der Waals surface area contributed by atoms with E-state index in [1.165, 1.54) is 58.0 Å². The largest absolute Gasteiger partial charge is 0.314 e. The van der Waals surface area contributed by atoms with Crippen LogP contribution in [-0.2, 0) is 0 Å². The molecule has 2 aliphatic rings. The van der Waals surface area contributed by atoms with Crippen LogP contribution in [0.2, 0.25) is 0 Å². The van der Waals surface area contributed by atoms with Crippen LogP contribution in [0.1, 0.15) is 58.8 Å². The van der Waals surface area contributed by atoms with Gasteiger partial charge in [0.1, 0.15) is 0 Å². The fourth-order valence-corrected chi connectivity index (χ4v) is 3.10. The van der Waals surface area contributed by atoms with Crippen molar-refractivity contribution >= 4 is 0 Å². The highest BCUT2D eigenvalue weighted by Crippen LogP contribution is 2.48. The van der Waals surface area contributed by atoms with Gasteiger partial charge in [0.25, 0.3) is 0 Å². The molecule has 1 aliphatic carbocycles. The van der Waals surface area contributed by atoms with E-state index in [1.54, 1.807) is 0 Å². The molecule has 16 heavy (non-hydrogen) atoms. The first-order valence-electron chi connectivity index (χ1n) is 7.14. The molecule has 2 nitrogen and oxygen atoms in total. The predicted molar refractivity (Wildman–Crippen MR) is 69.7 cm³/mol. The summed E-state index contributed by atoms with van der Waals surface area (Å²) in [7, 11) is 0. The van der Waals surface area contributed by atoms with E-state index in [4.69, 9.17) is 0 Å². The van der Waals surface area contributed by atoms with Gasteiger partial charge in [-0.1, -0.05) is 19.8 Å². The van der Waals surface area contributed by atoms with Crippen LogP contribution in [0.15, 0.2) is 0 Å². The van der Waals surface area contributed by atoms with Crippen LogP contribution in [0.3, 0.4) is 0 Å². The van der Waals surface area contributed by atoms with Gasteiger partial charge in [-0.05, 0) is 51.0 Å². The Balaban J connectivity index is 1.67. The Morgan fingerprint density at radius 1 is 1.12 bits per heavy atom. The van der Waals surface area contributed by atoms with Gasteiger partial charge in [0, 0.05) is 18.6 Å². The molecule has 2 N–H and O–H groups in total. The molecule has 1 saturated carbocycles. The number of hydrogen-bond donors (Lipinski definition) is 2. The van der Waals surface area contributed by atoms with Gasteiger partial charge in [-0.3, -0.25) is 0 Å². The fraction of sp³-hybridized carbons (Fsp3) is 1.00. The van der Waals surface area contributed by atoms with Gasteiger partial charge in [-0.25, -0.2) is 0 Å². The second kappa shape index (κ2) is 5.05. The zero-order valence-electron chi connectivity index (χ0n) is 11.1. The van der Waals surface area contributed by atoms with Crippen LogP contribution in [0.5, 0.6) is 0 Å². The molecule has 94 valence electrons. The lowest BCUT2D eigenvalue weighted by Gasteiger charge is -2.35. The highest BCUT2D eigenvalue weighted by atomic mass is 15.0. The Labute approximate surface area is 101 Å². The molecule has 0 aromatic rings. The lowest BCUT2D eigenvalue weighted by atomic mass is 9.90. The molecule has 0 aromatic heterocycles. The Morgan fingerprint density at radius 2 is 1.94 bits per heavy atom. The van der Waals surface area contributed by atoms with Crippen molar-refractivity contribution in [2.75, 3.05) is 19.6 Å². The minimum Gasteiger partial charge on any atom is -0.314 e. The first kappa shape index (κ1) is 12.4. The Bertz CT molecular complexity index is 215. The van der Waals surface area contributed by atoms with E-state index in [9.17, 15) is 0 Å². The van der Waals surface area contributed by atoms with Gasteiger partial charge < -0.3 is 10.6 Å². The predicted octanol–water partition coefficient (Wildman–Crippen LogP) is 2.69. The molecule has 1 heterocycles. The van der Waals surface area contributed by atoms with E-state index in [-0.39, 0.29) is 0 Å². The van der Waals surface area contributed by atoms with Crippen LogP contribution in [0, 0.1) is 5.41 Å². The first-order valence-corrected chi connectivity index (χ1v) is 7.14. The molecule has 0 bridgehead atoms. The molecule has 0 radical (unpaired) electrons. The van der Waals surface area contributed by atoms with Crippen LogP contribution in [-0.4, -0.2) is 25.2 Å². The number of piperidine rings is 1. The highest BCUT2D eigenvalue weighted by Gasteiger charge is 2.41. The van der Waals surface area contributed by atoms with E-state index < -0.39 is 0 Å². The molecule has 1 unspecified atom stereocenters. The summed E-state index contributed by atoms with van der Waals surface area (Å²) < 4.78 is 0. The SMILES string of the molecule is CCCC1(CNCC2(C)CCCCN2)CC1. The molecule has 1 atom stereocenters. The first-order chi connectivity index (χ1) is 7.68. The molecule has 0 amide bonds. The van der Waals surface area contributed by atoms with Crippen LogP contribution in [0.25, 0.3) is 0 Å². The number of hydrogen-bond acceptors (Lipinski definition) is 2. The van der Waals surface area contributed by atoms with Crippen molar-refractivity contribution in [3.63, 3.8) is 0 Å². The molecular weight excluding hydrogens is 196 g/mol. The van der Waals surface area contributed by atoms with Gasteiger partial charge in [0.05, 0.1) is 0 Å². The zero-order valence-corrected chi connectivity index (χ0v) is 11.1. The van der Waals surface area contributed by atoms with Gasteiger partial charge in [-0.15, -0.1) is 0 Å². The third-order valence-corrected chi connectivity index (χ3v) is 4.46. The van der Waals surface area contributed by atoms with Gasteiger partial charge in [0.2, 0.25) is 0 Å². The minimum atomic E-state index is 0.362. The Kier molecular flexibility index (Phi) is 3.91. The fourth-order valence-electron chi connectivity index (χ4n) is 3.10. The smallest absolute Gasteiger partial charge is 0.0277 e. The van der Waals surface area contributed by atoms with Crippen molar-refractivity contribution in [3.8, 4) is 0 Å². The van der Waals surface area contributed by atoms with E-state index in [0.29, 0.717) is 11.0 Å². The average molecular weight is 224 g/mol. The second-order valence-electron chi connectivity index (χ2n) is 6.30. The second-order valence-corrected chi connectivity index (χ2v) is 6.30. The van der Waals surface area contributed by atoms with Gasteiger partial charge in [-0.2, -0.15) is 0 Å². The zero-order chi connectivity index (χ0) is 11.5. The summed E-state index contributed by atoms with van der Waals surface area (Å²) in [4.78, 5) is 0. The quantitative estimate of drug-likeness (QED) is 0.725. The summed E-state index contributed by atoms with van der Waals surface area (Å²) in [6.07, 6.45) is 9.76. The highest BCUT2D eigenvalue weighted by molar-refractivity contribution is 4.96. The van der Waals surface area contributed by atoms with Crippen LogP contribution < -0.4 is 10.6 Å². The molecular formula is C14H28N2. The van der Waals surface area contributed by atoms with Gasteiger partial charge >= 0.3 is 0 Å². The Morgan fingerprint density at radius 3 is 2.50 bits per heavy atom. The lowest BCUT2D eigenvalue weighted by molar-refractivity contribution is 0.258. The number of rotatable bonds is 6. The third kappa shape index (κ3) is 3.21. The summed E-state index contributed by atoms with van der Waals surface area (Å²) in [6.45, 7) is 8.29. The molecule has 0 aromatic carbocycles. The molecule has 2 rings (SSSR count). The summed E-state index contributed by atoms with van der Waals surface area (Å²) in [5.74, 6) is 0. The van der Waals surface area contributed by atoms with E-state index >= 15 is 0 Å². The minimum absolute atomic E-state index is 0.362. The third-order valence-electron chi connectivity index (χ3n) is 4.46. The molecule has 1 saturated heterocycles. The standard InChI is InChI=1S/C14H28N2/c1-3-6-14(8-9-14)12-15-11-13(2)7-4-5-10-16-13/h15-16H,3-12H2,1-2H3. The Hall–Kier alpha value is -0.0800. The average Bonchev–Trinajstić information content (AvgIpc) is 2.99. The summed E-state index contributed by atoms with van der Waals surface area (Å²) in [6, 6.07) is 0. The van der Waals surface area contributed by atoms with Crippen molar-refractivity contribution in [1.82, 2.24) is 10.6 Å². The van der Waals surface area contributed by atoms with Crippen molar-refractivity contribution in [2.24, 2.45) is 5.41 Å². The summed E-state index contributed by atoms with van der Waals surface area (Å²) >= 11 is 0. The summed E-state index contributed by atoms with van der Waals surface area (Å²) in [5, 5.41) is 7.39. The van der Waals surface area contributed by atoms with Crippen molar-refractivity contribution < 1.29 is 0 Å². The maximum Gasteiger partial charge on any atom is 0.0277 e. The number of nitrogens with one attached hydrogen (secondary N) is 2. The van der Waals surface area contributed by atoms with E-state index in [1.807, 2.05) is 0 Å². The van der Waals surface area contributed by atoms with Crippen molar-refractivity contribution in [2.45, 2.75) is 64.3 Å². The van der Waals surface area contributed by atoms with Crippen LogP contribution in [0.4, 0.5) is 0 Å². The van der Waals surface area contributed by atoms with Gasteiger partial charge in [0.15, 0.2) is 0 Å². The van der Waals surface area contributed by atoms with Crippen molar-refractivity contribution in [3.05, 3.63) is 0 Å². The van der Waals surface area contributed by atoms with E-state index in [2.05, 4.69) is 24.5 Å². The van der Waals surface area contributed by atoms with Crippen molar-refractivity contribution in [1.29, 1.82) is 0 Å². The van der Waals surface area contributed by atoms with Crippen LogP contribution >= 0.6 is 0 Å². The normalized spacial score (nSPS) is 32.6.